The van der Waals surface area contributed by atoms with Crippen molar-refractivity contribution in [3.63, 3.8) is 0 Å². The Kier molecular flexibility index (Phi) is 3.84. The minimum absolute atomic E-state index is 0.0360. The highest BCUT2D eigenvalue weighted by molar-refractivity contribution is 6.02. The van der Waals surface area contributed by atoms with Crippen LogP contribution in [0.5, 0.6) is 0 Å². The summed E-state index contributed by atoms with van der Waals surface area (Å²) in [5.41, 5.74) is -1.47. The standard InChI is InChI=1S/C10H15N3O4/c1-3-10(2,17)4-11-8(14)6-7(9(15)16)13-5-12-6/h5,17H,3-4H2,1-2H3,(H,11,14)(H,12,13)(H,15,16). The van der Waals surface area contributed by atoms with Crippen molar-refractivity contribution in [1.82, 2.24) is 15.3 Å². The molecule has 0 bridgehead atoms. The molecule has 1 aromatic rings. The quantitative estimate of drug-likeness (QED) is 0.579. The van der Waals surface area contributed by atoms with Gasteiger partial charge in [-0.15, -0.1) is 0 Å². The molecule has 17 heavy (non-hydrogen) atoms. The molecule has 4 N–H and O–H groups in total. The lowest BCUT2D eigenvalue weighted by molar-refractivity contribution is 0.0516. The lowest BCUT2D eigenvalue weighted by Crippen LogP contribution is -2.40. The van der Waals surface area contributed by atoms with E-state index in [0.29, 0.717) is 6.42 Å². The first-order chi connectivity index (χ1) is 7.87. The second-order valence-electron chi connectivity index (χ2n) is 3.96. The van der Waals surface area contributed by atoms with Crippen molar-refractivity contribution in [1.29, 1.82) is 0 Å². The molecule has 0 aromatic carbocycles. The molecule has 7 nitrogen and oxygen atoms in total. The van der Waals surface area contributed by atoms with Gasteiger partial charge in [0, 0.05) is 6.54 Å². The summed E-state index contributed by atoms with van der Waals surface area (Å²) in [7, 11) is 0. The third-order valence-corrected chi connectivity index (χ3v) is 2.46. The maximum absolute atomic E-state index is 11.6. The monoisotopic (exact) mass is 241 g/mol. The predicted molar refractivity (Wildman–Crippen MR) is 58.8 cm³/mol. The van der Waals surface area contributed by atoms with Crippen LogP contribution in [-0.4, -0.2) is 44.2 Å². The number of aromatic nitrogens is 2. The maximum Gasteiger partial charge on any atom is 0.354 e. The highest BCUT2D eigenvalue weighted by atomic mass is 16.4. The van der Waals surface area contributed by atoms with Gasteiger partial charge in [-0.1, -0.05) is 6.92 Å². The molecule has 94 valence electrons. The maximum atomic E-state index is 11.6. The average molecular weight is 241 g/mol. The number of hydrogen-bond donors (Lipinski definition) is 4. The Morgan fingerprint density at radius 2 is 2.24 bits per heavy atom. The number of rotatable bonds is 5. The first-order valence-electron chi connectivity index (χ1n) is 5.14. The van der Waals surface area contributed by atoms with Gasteiger partial charge in [0.1, 0.15) is 0 Å². The largest absolute Gasteiger partial charge is 0.477 e. The summed E-state index contributed by atoms with van der Waals surface area (Å²) in [5, 5.41) is 20.9. The zero-order valence-electron chi connectivity index (χ0n) is 9.65. The minimum Gasteiger partial charge on any atom is -0.477 e. The van der Waals surface area contributed by atoms with E-state index in [1.807, 2.05) is 0 Å². The van der Waals surface area contributed by atoms with Gasteiger partial charge in [-0.3, -0.25) is 4.79 Å². The third-order valence-electron chi connectivity index (χ3n) is 2.46. The van der Waals surface area contributed by atoms with Gasteiger partial charge in [-0.05, 0) is 13.3 Å². The predicted octanol–water partition coefficient (Wildman–Crippen LogP) is -0.00130. The molecule has 7 heteroatoms. The van der Waals surface area contributed by atoms with Crippen LogP contribution < -0.4 is 5.32 Å². The van der Waals surface area contributed by atoms with E-state index < -0.39 is 17.5 Å². The van der Waals surface area contributed by atoms with Crippen LogP contribution in [0.4, 0.5) is 0 Å². The van der Waals surface area contributed by atoms with E-state index in [1.54, 1.807) is 13.8 Å². The summed E-state index contributed by atoms with van der Waals surface area (Å²) >= 11 is 0. The Labute approximate surface area is 97.9 Å². The molecule has 1 aromatic heterocycles. The van der Waals surface area contributed by atoms with E-state index in [9.17, 15) is 14.7 Å². The molecule has 1 heterocycles. The smallest absolute Gasteiger partial charge is 0.354 e. The number of amides is 1. The number of aromatic carboxylic acids is 1. The summed E-state index contributed by atoms with van der Waals surface area (Å²) in [6.07, 6.45) is 1.61. The number of carboxylic acid groups (broad SMARTS) is 1. The first kappa shape index (κ1) is 13.2. The molecular formula is C10H15N3O4. The molecular weight excluding hydrogens is 226 g/mol. The first-order valence-corrected chi connectivity index (χ1v) is 5.14. The Morgan fingerprint density at radius 3 is 2.76 bits per heavy atom. The van der Waals surface area contributed by atoms with Gasteiger partial charge in [0.2, 0.25) is 0 Å². The molecule has 0 saturated carbocycles. The molecule has 0 fully saturated rings. The van der Waals surface area contributed by atoms with E-state index in [-0.39, 0.29) is 17.9 Å². The molecule has 0 aliphatic rings. The Morgan fingerprint density at radius 1 is 1.59 bits per heavy atom. The van der Waals surface area contributed by atoms with Gasteiger partial charge < -0.3 is 20.5 Å². The zero-order valence-corrected chi connectivity index (χ0v) is 9.65. The minimum atomic E-state index is -1.25. The molecule has 0 radical (unpaired) electrons. The van der Waals surface area contributed by atoms with E-state index in [1.165, 1.54) is 0 Å². The number of H-pyrrole nitrogens is 1. The van der Waals surface area contributed by atoms with Crippen LogP contribution in [-0.2, 0) is 0 Å². The Balaban J connectivity index is 2.71. The van der Waals surface area contributed by atoms with E-state index in [2.05, 4.69) is 15.3 Å². The van der Waals surface area contributed by atoms with Crippen molar-refractivity contribution in [3.8, 4) is 0 Å². The molecule has 0 aliphatic heterocycles. The SMILES string of the molecule is CCC(C)(O)CNC(=O)c1nc[nH]c1C(=O)O. The van der Waals surface area contributed by atoms with Crippen LogP contribution >= 0.6 is 0 Å². The summed E-state index contributed by atoms with van der Waals surface area (Å²) in [4.78, 5) is 28.4. The van der Waals surface area contributed by atoms with Gasteiger partial charge in [0.25, 0.3) is 5.91 Å². The molecule has 0 saturated heterocycles. The van der Waals surface area contributed by atoms with Crippen molar-refractivity contribution in [2.45, 2.75) is 25.9 Å². The van der Waals surface area contributed by atoms with Crippen LogP contribution in [0.25, 0.3) is 0 Å². The number of nitrogens with zero attached hydrogens (tertiary/aromatic N) is 1. The second kappa shape index (κ2) is 4.96. The lowest BCUT2D eigenvalue weighted by atomic mass is 10.0. The van der Waals surface area contributed by atoms with Crippen LogP contribution in [0.1, 0.15) is 41.2 Å². The summed E-state index contributed by atoms with van der Waals surface area (Å²) < 4.78 is 0. The molecule has 1 amide bonds. The molecule has 1 rings (SSSR count). The fourth-order valence-corrected chi connectivity index (χ4v) is 1.11. The molecule has 0 aliphatic carbocycles. The zero-order chi connectivity index (χ0) is 13.1. The summed E-state index contributed by atoms with van der Waals surface area (Å²) in [6.45, 7) is 3.40. The Hall–Kier alpha value is -1.89. The average Bonchev–Trinajstić information content (AvgIpc) is 2.75. The number of hydrogen-bond acceptors (Lipinski definition) is 4. The molecule has 1 atom stereocenters. The topological polar surface area (TPSA) is 115 Å². The van der Waals surface area contributed by atoms with Gasteiger partial charge in [0.15, 0.2) is 11.4 Å². The highest BCUT2D eigenvalue weighted by Crippen LogP contribution is 2.07. The molecule has 0 spiro atoms. The van der Waals surface area contributed by atoms with Crippen LogP contribution in [0.2, 0.25) is 0 Å². The highest BCUT2D eigenvalue weighted by Gasteiger charge is 2.23. The van der Waals surface area contributed by atoms with Gasteiger partial charge >= 0.3 is 5.97 Å². The van der Waals surface area contributed by atoms with Crippen molar-refractivity contribution in [3.05, 3.63) is 17.7 Å². The van der Waals surface area contributed by atoms with Crippen LogP contribution in [0.15, 0.2) is 6.33 Å². The second-order valence-corrected chi connectivity index (χ2v) is 3.96. The number of carbonyl (C=O) groups is 2. The van der Waals surface area contributed by atoms with Crippen molar-refractivity contribution < 1.29 is 19.8 Å². The van der Waals surface area contributed by atoms with E-state index >= 15 is 0 Å². The Bertz CT molecular complexity index is 425. The fraction of sp³-hybridized carbons (Fsp3) is 0.500. The number of aromatic amines is 1. The van der Waals surface area contributed by atoms with Crippen molar-refractivity contribution in [2.24, 2.45) is 0 Å². The third kappa shape index (κ3) is 3.28. The van der Waals surface area contributed by atoms with Gasteiger partial charge in [-0.2, -0.15) is 0 Å². The van der Waals surface area contributed by atoms with E-state index in [4.69, 9.17) is 5.11 Å². The van der Waals surface area contributed by atoms with Crippen LogP contribution in [0.3, 0.4) is 0 Å². The van der Waals surface area contributed by atoms with Crippen LogP contribution in [0, 0.1) is 0 Å². The summed E-state index contributed by atoms with van der Waals surface area (Å²) in [6, 6.07) is 0. The fourth-order valence-electron chi connectivity index (χ4n) is 1.11. The van der Waals surface area contributed by atoms with Gasteiger partial charge in [-0.25, -0.2) is 9.78 Å². The number of nitrogens with one attached hydrogen (secondary N) is 2. The number of carbonyl (C=O) groups excluding carboxylic acids is 1. The number of imidazole rings is 1. The lowest BCUT2D eigenvalue weighted by Gasteiger charge is -2.21. The van der Waals surface area contributed by atoms with Crippen molar-refractivity contribution >= 4 is 11.9 Å². The normalized spacial score (nSPS) is 14.1. The molecule has 1 unspecified atom stereocenters. The van der Waals surface area contributed by atoms with Crippen molar-refractivity contribution in [2.75, 3.05) is 6.54 Å². The van der Waals surface area contributed by atoms with Gasteiger partial charge in [0.05, 0.1) is 11.9 Å². The number of carboxylic acids is 1. The summed E-state index contributed by atoms with van der Waals surface area (Å²) in [5.74, 6) is -1.88. The van der Waals surface area contributed by atoms with E-state index in [0.717, 1.165) is 6.33 Å². The number of aliphatic hydroxyl groups is 1.